The number of carbonyl (C=O) groups is 1. The largest absolute Gasteiger partial charge is 0.488 e. The number of halogens is 3. The molecular weight excluding hydrogens is 451 g/mol. The van der Waals surface area contributed by atoms with Gasteiger partial charge in [-0.1, -0.05) is 35.3 Å². The number of nitriles is 1. The highest BCUT2D eigenvalue weighted by atomic mass is 79.9. The van der Waals surface area contributed by atoms with Crippen LogP contribution >= 0.6 is 39.1 Å². The Balaban J connectivity index is 2.12. The molecule has 0 saturated heterocycles. The molecule has 0 aromatic heterocycles. The van der Waals surface area contributed by atoms with E-state index in [0.717, 1.165) is 5.56 Å². The van der Waals surface area contributed by atoms with E-state index in [1.165, 1.54) is 6.08 Å². The van der Waals surface area contributed by atoms with Gasteiger partial charge >= 0.3 is 0 Å². The molecule has 0 aliphatic heterocycles. The van der Waals surface area contributed by atoms with Crippen LogP contribution in [0.4, 0.5) is 0 Å². The number of carbonyl (C=O) groups excluding carboxylic acids is 1. The van der Waals surface area contributed by atoms with Crippen LogP contribution in [0.2, 0.25) is 10.0 Å². The molecule has 1 N–H and O–H groups in total. The van der Waals surface area contributed by atoms with Crippen molar-refractivity contribution in [3.63, 3.8) is 0 Å². The Morgan fingerprint density at radius 2 is 2.00 bits per heavy atom. The van der Waals surface area contributed by atoms with Gasteiger partial charge in [-0.2, -0.15) is 5.26 Å². The molecule has 7 heteroatoms. The molecule has 0 heterocycles. The standard InChI is InChI=1S/C20H17BrCl2N2O2/c1-12(2)25-20(26)15(10-24)7-13-4-6-19(16(21)8-13)27-11-14-3-5-17(22)18(23)9-14/h3-9,12H,11H2,1-2H3,(H,25,26)/b15-7-. The molecule has 0 fully saturated rings. The van der Waals surface area contributed by atoms with E-state index in [4.69, 9.17) is 27.9 Å². The van der Waals surface area contributed by atoms with E-state index >= 15 is 0 Å². The fourth-order valence-corrected chi connectivity index (χ4v) is 3.00. The number of benzene rings is 2. The van der Waals surface area contributed by atoms with Gasteiger partial charge in [0.05, 0.1) is 14.5 Å². The van der Waals surface area contributed by atoms with Crippen LogP contribution in [0.15, 0.2) is 46.4 Å². The maximum absolute atomic E-state index is 12.0. The minimum absolute atomic E-state index is 0.0417. The van der Waals surface area contributed by atoms with Crippen molar-refractivity contribution in [1.82, 2.24) is 5.32 Å². The summed E-state index contributed by atoms with van der Waals surface area (Å²) in [6, 6.07) is 12.5. The molecule has 2 rings (SSSR count). The Labute approximate surface area is 176 Å². The summed E-state index contributed by atoms with van der Waals surface area (Å²) in [6.45, 7) is 4.00. The minimum atomic E-state index is -0.399. The van der Waals surface area contributed by atoms with Gasteiger partial charge in [0.2, 0.25) is 0 Å². The van der Waals surface area contributed by atoms with Crippen LogP contribution in [0.5, 0.6) is 5.75 Å². The van der Waals surface area contributed by atoms with E-state index in [-0.39, 0.29) is 11.6 Å². The Bertz CT molecular complexity index is 921. The summed E-state index contributed by atoms with van der Waals surface area (Å²) in [5, 5.41) is 12.9. The lowest BCUT2D eigenvalue weighted by atomic mass is 10.1. The molecule has 4 nitrogen and oxygen atoms in total. The molecule has 27 heavy (non-hydrogen) atoms. The van der Waals surface area contributed by atoms with Gasteiger partial charge in [0.1, 0.15) is 24.0 Å². The van der Waals surface area contributed by atoms with Crippen molar-refractivity contribution in [2.75, 3.05) is 0 Å². The normalized spacial score (nSPS) is 11.2. The lowest BCUT2D eigenvalue weighted by Crippen LogP contribution is -2.30. The summed E-state index contributed by atoms with van der Waals surface area (Å²) in [5.74, 6) is 0.229. The highest BCUT2D eigenvalue weighted by Crippen LogP contribution is 2.29. The number of nitrogens with one attached hydrogen (secondary N) is 1. The van der Waals surface area contributed by atoms with E-state index in [1.54, 1.807) is 30.3 Å². The maximum atomic E-state index is 12.0. The molecule has 0 aliphatic carbocycles. The molecule has 2 aromatic carbocycles. The molecule has 0 atom stereocenters. The third kappa shape index (κ3) is 6.28. The fourth-order valence-electron chi connectivity index (χ4n) is 2.17. The SMILES string of the molecule is CC(C)NC(=O)/C(C#N)=C\c1ccc(OCc2ccc(Cl)c(Cl)c2)c(Br)c1. The second kappa shape index (κ2) is 9.80. The van der Waals surface area contributed by atoms with Gasteiger partial charge in [-0.05, 0) is 71.2 Å². The van der Waals surface area contributed by atoms with E-state index < -0.39 is 5.91 Å². The van der Waals surface area contributed by atoms with Gasteiger partial charge in [-0.3, -0.25) is 4.79 Å². The summed E-state index contributed by atoms with van der Waals surface area (Å²) in [5.41, 5.74) is 1.64. The van der Waals surface area contributed by atoms with E-state index in [1.807, 2.05) is 26.0 Å². The van der Waals surface area contributed by atoms with Gasteiger partial charge < -0.3 is 10.1 Å². The number of amides is 1. The quantitative estimate of drug-likeness (QED) is 0.433. The molecule has 2 aromatic rings. The van der Waals surface area contributed by atoms with Crippen LogP contribution in [0.1, 0.15) is 25.0 Å². The maximum Gasteiger partial charge on any atom is 0.262 e. The first kappa shape index (κ1) is 21.3. The first-order chi connectivity index (χ1) is 12.8. The summed E-state index contributed by atoms with van der Waals surface area (Å²) < 4.78 is 6.50. The number of hydrogen-bond acceptors (Lipinski definition) is 3. The average Bonchev–Trinajstić information content (AvgIpc) is 2.61. The molecule has 140 valence electrons. The first-order valence-electron chi connectivity index (χ1n) is 8.09. The zero-order valence-corrected chi connectivity index (χ0v) is 17.8. The van der Waals surface area contributed by atoms with Crippen molar-refractivity contribution in [1.29, 1.82) is 5.26 Å². The third-order valence-corrected chi connectivity index (χ3v) is 4.79. The van der Waals surface area contributed by atoms with E-state index in [9.17, 15) is 10.1 Å². The molecule has 0 unspecified atom stereocenters. The van der Waals surface area contributed by atoms with Crippen LogP contribution in [-0.4, -0.2) is 11.9 Å². The van der Waals surface area contributed by atoms with Crippen LogP contribution in [0.25, 0.3) is 6.08 Å². The molecule has 0 bridgehead atoms. The van der Waals surface area contributed by atoms with E-state index in [2.05, 4.69) is 21.2 Å². The van der Waals surface area contributed by atoms with Crippen molar-refractivity contribution in [3.8, 4) is 11.8 Å². The Hall–Kier alpha value is -2.00. The summed E-state index contributed by atoms with van der Waals surface area (Å²) in [4.78, 5) is 12.0. The predicted octanol–water partition coefficient (Wildman–Crippen LogP) is 5.77. The smallest absolute Gasteiger partial charge is 0.262 e. The lowest BCUT2D eigenvalue weighted by Gasteiger charge is -2.10. The second-order valence-corrected chi connectivity index (χ2v) is 7.69. The van der Waals surface area contributed by atoms with Crippen molar-refractivity contribution in [2.45, 2.75) is 26.5 Å². The number of rotatable bonds is 6. The number of nitrogens with zero attached hydrogens (tertiary/aromatic N) is 1. The predicted molar refractivity (Wildman–Crippen MR) is 112 cm³/mol. The minimum Gasteiger partial charge on any atom is -0.488 e. The van der Waals surface area contributed by atoms with Crippen molar-refractivity contribution >= 4 is 51.1 Å². The topological polar surface area (TPSA) is 62.1 Å². The lowest BCUT2D eigenvalue weighted by molar-refractivity contribution is -0.117. The van der Waals surface area contributed by atoms with Crippen LogP contribution in [0, 0.1) is 11.3 Å². The first-order valence-corrected chi connectivity index (χ1v) is 9.64. The second-order valence-electron chi connectivity index (χ2n) is 6.02. The van der Waals surface area contributed by atoms with Crippen molar-refractivity contribution in [3.05, 3.63) is 67.6 Å². The molecule has 1 amide bonds. The molecule has 0 spiro atoms. The highest BCUT2D eigenvalue weighted by molar-refractivity contribution is 9.10. The van der Waals surface area contributed by atoms with Crippen LogP contribution in [0.3, 0.4) is 0 Å². The van der Waals surface area contributed by atoms with Crippen LogP contribution in [-0.2, 0) is 11.4 Å². The highest BCUT2D eigenvalue weighted by Gasteiger charge is 2.11. The van der Waals surface area contributed by atoms with Gasteiger partial charge in [-0.15, -0.1) is 0 Å². The molecular formula is C20H17BrCl2N2O2. The average molecular weight is 468 g/mol. The Kier molecular flexibility index (Phi) is 7.73. The zero-order valence-electron chi connectivity index (χ0n) is 14.7. The van der Waals surface area contributed by atoms with Gasteiger partial charge in [-0.25, -0.2) is 0 Å². The Morgan fingerprint density at radius 1 is 1.26 bits per heavy atom. The van der Waals surface area contributed by atoms with Crippen molar-refractivity contribution < 1.29 is 9.53 Å². The van der Waals surface area contributed by atoms with Crippen molar-refractivity contribution in [2.24, 2.45) is 0 Å². The zero-order chi connectivity index (χ0) is 20.0. The fraction of sp³-hybridized carbons (Fsp3) is 0.200. The molecule has 0 aliphatic rings. The van der Waals surface area contributed by atoms with Gasteiger partial charge in [0.15, 0.2) is 0 Å². The summed E-state index contributed by atoms with van der Waals surface area (Å²) in [7, 11) is 0. The van der Waals surface area contributed by atoms with Gasteiger partial charge in [0, 0.05) is 6.04 Å². The van der Waals surface area contributed by atoms with Gasteiger partial charge in [0.25, 0.3) is 5.91 Å². The van der Waals surface area contributed by atoms with E-state index in [0.29, 0.717) is 32.4 Å². The summed E-state index contributed by atoms with van der Waals surface area (Å²) >= 11 is 15.4. The Morgan fingerprint density at radius 3 is 2.59 bits per heavy atom. The molecule has 0 radical (unpaired) electrons. The van der Waals surface area contributed by atoms with Crippen LogP contribution < -0.4 is 10.1 Å². The number of ether oxygens (including phenoxy) is 1. The number of hydrogen-bond donors (Lipinski definition) is 1. The molecule has 0 saturated carbocycles. The summed E-state index contributed by atoms with van der Waals surface area (Å²) in [6.07, 6.45) is 1.53. The monoisotopic (exact) mass is 466 g/mol. The third-order valence-electron chi connectivity index (χ3n) is 3.43.